The van der Waals surface area contributed by atoms with Crippen LogP contribution in [-0.2, 0) is 4.74 Å². The van der Waals surface area contributed by atoms with Crippen molar-refractivity contribution in [2.45, 2.75) is 57.7 Å². The van der Waals surface area contributed by atoms with Crippen molar-refractivity contribution in [3.05, 3.63) is 35.0 Å². The largest absolute Gasteiger partial charge is 0.497 e. The quantitative estimate of drug-likeness (QED) is 0.819. The third-order valence-corrected chi connectivity index (χ3v) is 5.30. The second-order valence-corrected chi connectivity index (χ2v) is 7.46. The predicted octanol–water partition coefficient (Wildman–Crippen LogP) is 2.42. The molecule has 1 aromatic rings. The zero-order valence-corrected chi connectivity index (χ0v) is 15.6. The van der Waals surface area contributed by atoms with Gasteiger partial charge in [-0.25, -0.2) is 4.68 Å². The molecule has 0 spiro atoms. The number of allylic oxidation sites excluding steroid dienone is 1. The fourth-order valence-corrected chi connectivity index (χ4v) is 3.58. The number of hydrogen-bond acceptors (Lipinski definition) is 5. The van der Waals surface area contributed by atoms with Crippen molar-refractivity contribution in [3.8, 4) is 0 Å². The average Bonchev–Trinajstić information content (AvgIpc) is 2.62. The normalized spacial score (nSPS) is 24.3. The van der Waals surface area contributed by atoms with Crippen LogP contribution < -0.4 is 10.5 Å². The van der Waals surface area contributed by atoms with Crippen LogP contribution in [0.1, 0.15) is 45.6 Å². The van der Waals surface area contributed by atoms with Crippen molar-refractivity contribution in [1.29, 1.82) is 0 Å². The molecule has 25 heavy (non-hydrogen) atoms. The van der Waals surface area contributed by atoms with E-state index in [1.54, 1.807) is 10.7 Å². The molecule has 1 aromatic heterocycles. The first-order chi connectivity index (χ1) is 12.0. The Morgan fingerprint density at radius 2 is 2.24 bits per heavy atom. The summed E-state index contributed by atoms with van der Waals surface area (Å²) in [6.45, 7) is 7.09. The molecule has 138 valence electrons. The van der Waals surface area contributed by atoms with E-state index in [2.05, 4.69) is 34.8 Å². The summed E-state index contributed by atoms with van der Waals surface area (Å²) in [6, 6.07) is 2.20. The fraction of sp³-hybridized carbons (Fsp3) is 0.684. The zero-order valence-electron chi connectivity index (χ0n) is 15.6. The van der Waals surface area contributed by atoms with Crippen LogP contribution in [-0.4, -0.2) is 53.5 Å². The van der Waals surface area contributed by atoms with Gasteiger partial charge in [0.2, 0.25) is 0 Å². The first kappa shape index (κ1) is 18.0. The summed E-state index contributed by atoms with van der Waals surface area (Å²) in [5, 5.41) is 4.48. The van der Waals surface area contributed by atoms with Gasteiger partial charge < -0.3 is 9.64 Å². The van der Waals surface area contributed by atoms with Crippen LogP contribution in [0.5, 0.6) is 0 Å². The van der Waals surface area contributed by atoms with Crippen molar-refractivity contribution in [1.82, 2.24) is 14.7 Å². The van der Waals surface area contributed by atoms with E-state index in [1.165, 1.54) is 0 Å². The smallest absolute Gasteiger partial charge is 0.269 e. The lowest BCUT2D eigenvalue weighted by atomic mass is 10.0. The van der Waals surface area contributed by atoms with Crippen molar-refractivity contribution < 1.29 is 4.74 Å². The molecule has 2 aliphatic heterocycles. The molecular weight excluding hydrogens is 316 g/mol. The number of nitrogens with zero attached hydrogens (tertiary/aromatic N) is 4. The van der Waals surface area contributed by atoms with Gasteiger partial charge >= 0.3 is 0 Å². The minimum atomic E-state index is -0.00583. The second kappa shape index (κ2) is 8.04. The highest BCUT2D eigenvalue weighted by Crippen LogP contribution is 2.22. The average molecular weight is 346 g/mol. The Morgan fingerprint density at radius 1 is 1.40 bits per heavy atom. The molecule has 6 heteroatoms. The Morgan fingerprint density at radius 3 is 2.92 bits per heavy atom. The van der Waals surface area contributed by atoms with Gasteiger partial charge in [0.05, 0.1) is 24.2 Å². The van der Waals surface area contributed by atoms with Crippen molar-refractivity contribution in [2.24, 2.45) is 0 Å². The van der Waals surface area contributed by atoms with Gasteiger partial charge in [0.25, 0.3) is 5.56 Å². The van der Waals surface area contributed by atoms with Crippen LogP contribution >= 0.6 is 0 Å². The van der Waals surface area contributed by atoms with Crippen LogP contribution in [0, 0.1) is 0 Å². The summed E-state index contributed by atoms with van der Waals surface area (Å²) in [5.74, 6) is 0. The second-order valence-electron chi connectivity index (χ2n) is 7.46. The SMILES string of the molecule is CC(C)N(C)c1cnn([C@@H]2CCCN(C[C@H]3CCC=CO3)C2)c(=O)c1. The van der Waals surface area contributed by atoms with E-state index in [0.717, 1.165) is 51.0 Å². The van der Waals surface area contributed by atoms with E-state index < -0.39 is 0 Å². The Balaban J connectivity index is 1.66. The van der Waals surface area contributed by atoms with Gasteiger partial charge in [-0.3, -0.25) is 9.69 Å². The van der Waals surface area contributed by atoms with Crippen molar-refractivity contribution in [2.75, 3.05) is 31.6 Å². The minimum absolute atomic E-state index is 0.00583. The van der Waals surface area contributed by atoms with Crippen molar-refractivity contribution in [3.63, 3.8) is 0 Å². The molecule has 0 radical (unpaired) electrons. The molecule has 0 aromatic carbocycles. The van der Waals surface area contributed by atoms with Gasteiger partial charge in [-0.2, -0.15) is 5.10 Å². The van der Waals surface area contributed by atoms with Gasteiger partial charge in [-0.05, 0) is 52.2 Å². The number of hydrogen-bond donors (Lipinski definition) is 0. The molecule has 1 fully saturated rings. The van der Waals surface area contributed by atoms with E-state index in [1.807, 2.05) is 19.5 Å². The van der Waals surface area contributed by atoms with E-state index in [0.29, 0.717) is 6.04 Å². The molecular formula is C19H30N4O2. The summed E-state index contributed by atoms with van der Waals surface area (Å²) in [4.78, 5) is 17.1. The molecule has 3 heterocycles. The van der Waals surface area contributed by atoms with Gasteiger partial charge in [-0.1, -0.05) is 0 Å². The van der Waals surface area contributed by atoms with Gasteiger partial charge in [0.15, 0.2) is 0 Å². The fourth-order valence-electron chi connectivity index (χ4n) is 3.58. The van der Waals surface area contributed by atoms with E-state index >= 15 is 0 Å². The minimum Gasteiger partial charge on any atom is -0.497 e. The Bertz CT molecular complexity index is 655. The highest BCUT2D eigenvalue weighted by atomic mass is 16.5. The van der Waals surface area contributed by atoms with E-state index in [4.69, 9.17) is 4.74 Å². The predicted molar refractivity (Wildman–Crippen MR) is 100.0 cm³/mol. The summed E-state index contributed by atoms with van der Waals surface area (Å²) in [6.07, 6.45) is 10.3. The van der Waals surface area contributed by atoms with Crippen LogP contribution in [0.4, 0.5) is 5.69 Å². The third kappa shape index (κ3) is 4.42. The standard InChI is InChI=1S/C19H30N4O2/c1-15(2)21(3)17-11-19(24)23(20-12-17)16-7-6-9-22(13-16)14-18-8-4-5-10-25-18/h5,10-12,15-16,18H,4,6-9,13-14H2,1-3H3/t16-,18-/m1/s1. The first-order valence-corrected chi connectivity index (χ1v) is 9.39. The molecule has 0 amide bonds. The van der Waals surface area contributed by atoms with E-state index in [9.17, 15) is 4.79 Å². The lowest BCUT2D eigenvalue weighted by molar-refractivity contribution is 0.0593. The molecule has 2 aliphatic rings. The van der Waals surface area contributed by atoms with E-state index in [-0.39, 0.29) is 17.7 Å². The zero-order chi connectivity index (χ0) is 17.8. The number of aromatic nitrogens is 2. The number of anilines is 1. The Kier molecular flexibility index (Phi) is 5.78. The summed E-state index contributed by atoms with van der Waals surface area (Å²) < 4.78 is 7.37. The van der Waals surface area contributed by atoms with Gasteiger partial charge in [0, 0.05) is 32.2 Å². The van der Waals surface area contributed by atoms with Gasteiger partial charge in [-0.15, -0.1) is 0 Å². The van der Waals surface area contributed by atoms with Crippen LogP contribution in [0.15, 0.2) is 29.4 Å². The maximum Gasteiger partial charge on any atom is 0.269 e. The molecule has 0 aliphatic carbocycles. The Labute approximate surface area is 150 Å². The number of likely N-dealkylation sites (tertiary alicyclic amines) is 1. The number of rotatable bonds is 5. The molecule has 0 saturated carbocycles. The molecule has 0 bridgehead atoms. The van der Waals surface area contributed by atoms with Crippen LogP contribution in [0.25, 0.3) is 0 Å². The van der Waals surface area contributed by atoms with Crippen LogP contribution in [0.3, 0.4) is 0 Å². The highest BCUT2D eigenvalue weighted by molar-refractivity contribution is 5.42. The van der Waals surface area contributed by atoms with Crippen LogP contribution in [0.2, 0.25) is 0 Å². The lowest BCUT2D eigenvalue weighted by Gasteiger charge is -2.35. The molecule has 2 atom stereocenters. The summed E-state index contributed by atoms with van der Waals surface area (Å²) in [5.41, 5.74) is 0.875. The number of piperidine rings is 1. The molecule has 1 saturated heterocycles. The maximum absolute atomic E-state index is 12.6. The van der Waals surface area contributed by atoms with Gasteiger partial charge in [0.1, 0.15) is 6.10 Å². The van der Waals surface area contributed by atoms with Crippen molar-refractivity contribution >= 4 is 5.69 Å². The molecule has 0 unspecified atom stereocenters. The topological polar surface area (TPSA) is 50.6 Å². The lowest BCUT2D eigenvalue weighted by Crippen LogP contribution is -2.44. The third-order valence-electron chi connectivity index (χ3n) is 5.30. The number of ether oxygens (including phenoxy) is 1. The maximum atomic E-state index is 12.6. The molecule has 0 N–H and O–H groups in total. The summed E-state index contributed by atoms with van der Waals surface area (Å²) in [7, 11) is 1.99. The molecule has 6 nitrogen and oxygen atoms in total. The monoisotopic (exact) mass is 346 g/mol. The molecule has 3 rings (SSSR count). The highest BCUT2D eigenvalue weighted by Gasteiger charge is 2.25. The summed E-state index contributed by atoms with van der Waals surface area (Å²) >= 11 is 0. The first-order valence-electron chi connectivity index (χ1n) is 9.39. The Hall–Kier alpha value is -1.82.